The summed E-state index contributed by atoms with van der Waals surface area (Å²) in [6.07, 6.45) is 3.53. The number of ether oxygens (including phenoxy) is 1. The summed E-state index contributed by atoms with van der Waals surface area (Å²) in [5.74, 6) is 0.103. The molecule has 2 fully saturated rings. The number of benzene rings is 1. The van der Waals surface area contributed by atoms with Crippen molar-refractivity contribution in [3.63, 3.8) is 0 Å². The highest BCUT2D eigenvalue weighted by atomic mass is 19.1. The maximum atomic E-state index is 13.6. The lowest BCUT2D eigenvalue weighted by Crippen LogP contribution is -2.22. The van der Waals surface area contributed by atoms with Crippen LogP contribution in [0.5, 0.6) is 0 Å². The molecule has 1 aromatic carbocycles. The Balaban J connectivity index is 1.73. The summed E-state index contributed by atoms with van der Waals surface area (Å²) in [5, 5.41) is 11.8. The van der Waals surface area contributed by atoms with Crippen molar-refractivity contribution >= 4 is 5.69 Å². The number of hydrogen-bond donors (Lipinski definition) is 1. The molecule has 2 saturated heterocycles. The fourth-order valence-electron chi connectivity index (χ4n) is 3.14. The normalized spacial score (nSPS) is 28.1. The number of nitrogen functional groups attached to an aromatic ring is 1. The molecular weight excluding hydrogens is 261 g/mol. The molecule has 2 aromatic rings. The van der Waals surface area contributed by atoms with Gasteiger partial charge in [0.25, 0.3) is 0 Å². The van der Waals surface area contributed by atoms with Gasteiger partial charge in [0.15, 0.2) is 5.82 Å². The minimum Gasteiger partial charge on any atom is -0.396 e. The molecule has 2 bridgehead atoms. The lowest BCUT2D eigenvalue weighted by atomic mass is 9.95. The van der Waals surface area contributed by atoms with Gasteiger partial charge in [-0.2, -0.15) is 0 Å². The van der Waals surface area contributed by atoms with Gasteiger partial charge in [-0.15, -0.1) is 5.10 Å². The first-order chi connectivity index (χ1) is 9.72. The van der Waals surface area contributed by atoms with E-state index >= 15 is 0 Å². The van der Waals surface area contributed by atoms with Gasteiger partial charge in [0, 0.05) is 5.56 Å². The first-order valence-electron chi connectivity index (χ1n) is 6.71. The Hall–Kier alpha value is -2.02. The Morgan fingerprint density at radius 1 is 1.35 bits per heavy atom. The minimum absolute atomic E-state index is 0.121. The van der Waals surface area contributed by atoms with Crippen molar-refractivity contribution in [2.24, 2.45) is 0 Å². The average molecular weight is 275 g/mol. The Morgan fingerprint density at radius 2 is 2.25 bits per heavy atom. The molecule has 0 amide bonds. The number of tetrazole rings is 1. The van der Waals surface area contributed by atoms with Crippen molar-refractivity contribution in [1.29, 1.82) is 0 Å². The molecule has 3 unspecified atom stereocenters. The van der Waals surface area contributed by atoms with Gasteiger partial charge in [-0.1, -0.05) is 0 Å². The third-order valence-electron chi connectivity index (χ3n) is 4.14. The van der Waals surface area contributed by atoms with E-state index in [2.05, 4.69) is 15.5 Å². The van der Waals surface area contributed by atoms with Crippen molar-refractivity contribution in [2.75, 3.05) is 5.73 Å². The van der Waals surface area contributed by atoms with Crippen molar-refractivity contribution in [3.8, 4) is 11.4 Å². The van der Waals surface area contributed by atoms with Crippen LogP contribution in [0.1, 0.15) is 25.3 Å². The molecule has 104 valence electrons. The standard InChI is InChI=1S/C13H14FN5O/c14-9-5-7(1-3-10(9)15)13-16-17-18-19(13)11-6-8-2-4-12(11)20-8/h1,3,5,8,11-12H,2,4,6,15H2. The van der Waals surface area contributed by atoms with Gasteiger partial charge in [-0.05, 0) is 47.9 Å². The van der Waals surface area contributed by atoms with Gasteiger partial charge in [-0.25, -0.2) is 9.07 Å². The number of halogens is 1. The Bertz CT molecular complexity index is 658. The number of rotatable bonds is 2. The number of nitrogens with zero attached hydrogens (tertiary/aromatic N) is 4. The molecule has 0 radical (unpaired) electrons. The number of nitrogens with two attached hydrogens (primary N) is 1. The topological polar surface area (TPSA) is 78.9 Å². The average Bonchev–Trinajstić information content (AvgIpc) is 3.16. The van der Waals surface area contributed by atoms with Crippen molar-refractivity contribution in [1.82, 2.24) is 20.2 Å². The van der Waals surface area contributed by atoms with Crippen LogP contribution in [0.2, 0.25) is 0 Å². The summed E-state index contributed by atoms with van der Waals surface area (Å²) in [7, 11) is 0. The molecule has 1 aromatic heterocycles. The quantitative estimate of drug-likeness (QED) is 0.841. The Kier molecular flexibility index (Phi) is 2.50. The molecule has 2 aliphatic rings. The smallest absolute Gasteiger partial charge is 0.182 e. The summed E-state index contributed by atoms with van der Waals surface area (Å²) in [5.41, 5.74) is 6.25. The number of anilines is 1. The molecule has 2 aliphatic heterocycles. The third kappa shape index (κ3) is 1.70. The van der Waals surface area contributed by atoms with Gasteiger partial charge in [-0.3, -0.25) is 0 Å². The van der Waals surface area contributed by atoms with Crippen LogP contribution < -0.4 is 5.73 Å². The van der Waals surface area contributed by atoms with Crippen LogP contribution >= 0.6 is 0 Å². The molecule has 3 heterocycles. The second-order valence-corrected chi connectivity index (χ2v) is 5.36. The van der Waals surface area contributed by atoms with E-state index in [4.69, 9.17) is 10.5 Å². The van der Waals surface area contributed by atoms with Crippen LogP contribution in [0, 0.1) is 5.82 Å². The largest absolute Gasteiger partial charge is 0.396 e. The van der Waals surface area contributed by atoms with Gasteiger partial charge in [0.05, 0.1) is 23.9 Å². The predicted octanol–water partition coefficient (Wildman–Crippen LogP) is 1.55. The van der Waals surface area contributed by atoms with Crippen molar-refractivity contribution < 1.29 is 9.13 Å². The third-order valence-corrected chi connectivity index (χ3v) is 4.14. The lowest BCUT2D eigenvalue weighted by Gasteiger charge is -2.19. The van der Waals surface area contributed by atoms with E-state index in [1.807, 2.05) is 0 Å². The highest BCUT2D eigenvalue weighted by Gasteiger charge is 2.43. The molecule has 0 spiro atoms. The molecule has 20 heavy (non-hydrogen) atoms. The van der Waals surface area contributed by atoms with Gasteiger partial charge in [0.2, 0.25) is 0 Å². The van der Waals surface area contributed by atoms with E-state index in [1.54, 1.807) is 10.7 Å². The molecule has 3 atom stereocenters. The van der Waals surface area contributed by atoms with E-state index in [9.17, 15) is 4.39 Å². The predicted molar refractivity (Wildman–Crippen MR) is 69.2 cm³/mol. The minimum atomic E-state index is -0.457. The molecule has 4 rings (SSSR count). The summed E-state index contributed by atoms with van der Waals surface area (Å²) < 4.78 is 21.2. The van der Waals surface area contributed by atoms with Crippen LogP contribution in [-0.4, -0.2) is 32.4 Å². The van der Waals surface area contributed by atoms with Crippen molar-refractivity contribution in [3.05, 3.63) is 24.0 Å². The maximum absolute atomic E-state index is 13.6. The van der Waals surface area contributed by atoms with E-state index in [0.29, 0.717) is 17.5 Å². The maximum Gasteiger partial charge on any atom is 0.182 e. The van der Waals surface area contributed by atoms with Crippen LogP contribution in [0.4, 0.5) is 10.1 Å². The van der Waals surface area contributed by atoms with Crippen LogP contribution in [-0.2, 0) is 4.74 Å². The number of hydrogen-bond acceptors (Lipinski definition) is 5. The Labute approximate surface area is 114 Å². The summed E-state index contributed by atoms with van der Waals surface area (Å²) in [4.78, 5) is 0. The fourth-order valence-corrected chi connectivity index (χ4v) is 3.14. The molecule has 6 nitrogen and oxygen atoms in total. The molecule has 7 heteroatoms. The van der Waals surface area contributed by atoms with Crippen LogP contribution in [0.15, 0.2) is 18.2 Å². The second-order valence-electron chi connectivity index (χ2n) is 5.36. The number of aromatic nitrogens is 4. The zero-order valence-corrected chi connectivity index (χ0v) is 10.7. The lowest BCUT2D eigenvalue weighted by molar-refractivity contribution is 0.0922. The fraction of sp³-hybridized carbons (Fsp3) is 0.462. The van der Waals surface area contributed by atoms with Gasteiger partial charge in [0.1, 0.15) is 5.82 Å². The van der Waals surface area contributed by atoms with Gasteiger partial charge >= 0.3 is 0 Å². The first-order valence-corrected chi connectivity index (χ1v) is 6.71. The first kappa shape index (κ1) is 11.8. The van der Waals surface area contributed by atoms with E-state index in [-0.39, 0.29) is 17.8 Å². The molecular formula is C13H14FN5O. The summed E-state index contributed by atoms with van der Waals surface area (Å²) >= 11 is 0. The second kappa shape index (κ2) is 4.24. The molecule has 0 saturated carbocycles. The molecule has 0 aliphatic carbocycles. The highest BCUT2D eigenvalue weighted by molar-refractivity contribution is 5.59. The molecule has 2 N–H and O–H groups in total. The summed E-state index contributed by atoms with van der Waals surface area (Å²) in [6, 6.07) is 4.76. The monoisotopic (exact) mass is 275 g/mol. The number of fused-ring (bicyclic) bond motifs is 2. The highest BCUT2D eigenvalue weighted by Crippen LogP contribution is 2.42. The van der Waals surface area contributed by atoms with Crippen LogP contribution in [0.25, 0.3) is 11.4 Å². The van der Waals surface area contributed by atoms with Crippen molar-refractivity contribution in [2.45, 2.75) is 37.5 Å². The van der Waals surface area contributed by atoms with E-state index in [1.165, 1.54) is 12.1 Å². The van der Waals surface area contributed by atoms with E-state index < -0.39 is 5.82 Å². The van der Waals surface area contributed by atoms with E-state index in [0.717, 1.165) is 19.3 Å². The van der Waals surface area contributed by atoms with Crippen LogP contribution in [0.3, 0.4) is 0 Å². The zero-order chi connectivity index (χ0) is 13.7. The summed E-state index contributed by atoms with van der Waals surface area (Å²) in [6.45, 7) is 0. The van der Waals surface area contributed by atoms with Gasteiger partial charge < -0.3 is 10.5 Å². The SMILES string of the molecule is Nc1ccc(-c2nnnn2C2CC3CCC2O3)cc1F. The Morgan fingerprint density at radius 3 is 2.95 bits per heavy atom. The zero-order valence-electron chi connectivity index (χ0n) is 10.7.